The molecule has 0 aliphatic heterocycles. The monoisotopic (exact) mass is 328 g/mol. The number of rotatable bonds is 4. The van der Waals surface area contributed by atoms with Gasteiger partial charge in [-0.15, -0.1) is 0 Å². The molecule has 1 aromatic heterocycles. The third kappa shape index (κ3) is 2.79. The first-order valence-electron chi connectivity index (χ1n) is 6.78. The Morgan fingerprint density at radius 3 is 2.85 bits per heavy atom. The fraction of sp³-hybridized carbons (Fsp3) is 0.176. The highest BCUT2D eigenvalue weighted by Crippen LogP contribution is 2.23. The molecule has 2 nitrogen and oxygen atoms in total. The van der Waals surface area contributed by atoms with Crippen LogP contribution in [0.5, 0.6) is 0 Å². The van der Waals surface area contributed by atoms with Gasteiger partial charge in [0, 0.05) is 28.8 Å². The van der Waals surface area contributed by atoms with Crippen molar-refractivity contribution in [2.45, 2.75) is 19.5 Å². The standard InChI is InChI=1S/C17H17BrN2/c1-12(15-4-2-3-5-16(15)18)20-11-13-6-7-17-14(10-13)8-9-19-17/h2-10,12,19-20H,11H2,1H3/t12-/m1/s1. The predicted octanol–water partition coefficient (Wildman–Crippen LogP) is 4.78. The van der Waals surface area contributed by atoms with Crippen LogP contribution in [0.1, 0.15) is 24.1 Å². The zero-order valence-electron chi connectivity index (χ0n) is 11.4. The van der Waals surface area contributed by atoms with Gasteiger partial charge in [0.05, 0.1) is 0 Å². The molecule has 0 amide bonds. The van der Waals surface area contributed by atoms with E-state index >= 15 is 0 Å². The van der Waals surface area contributed by atoms with Gasteiger partial charge in [0.2, 0.25) is 0 Å². The van der Waals surface area contributed by atoms with Gasteiger partial charge < -0.3 is 10.3 Å². The van der Waals surface area contributed by atoms with E-state index in [0.717, 1.165) is 11.0 Å². The molecule has 0 aliphatic carbocycles. The summed E-state index contributed by atoms with van der Waals surface area (Å²) in [5.74, 6) is 0. The lowest BCUT2D eigenvalue weighted by Gasteiger charge is -2.16. The zero-order chi connectivity index (χ0) is 13.9. The number of hydrogen-bond acceptors (Lipinski definition) is 1. The van der Waals surface area contributed by atoms with Gasteiger partial charge in [-0.05, 0) is 47.7 Å². The van der Waals surface area contributed by atoms with Crippen LogP contribution in [0.15, 0.2) is 59.2 Å². The first-order chi connectivity index (χ1) is 9.74. The molecule has 0 aliphatic rings. The molecule has 3 rings (SSSR count). The second-order valence-electron chi connectivity index (χ2n) is 5.02. The van der Waals surface area contributed by atoms with Crippen LogP contribution in [0, 0.1) is 0 Å². The number of aromatic amines is 1. The second kappa shape index (κ2) is 5.81. The smallest absolute Gasteiger partial charge is 0.0454 e. The van der Waals surface area contributed by atoms with Crippen molar-refractivity contribution in [3.8, 4) is 0 Å². The molecule has 1 heterocycles. The Hall–Kier alpha value is -1.58. The molecule has 0 fully saturated rings. The zero-order valence-corrected chi connectivity index (χ0v) is 12.9. The van der Waals surface area contributed by atoms with Gasteiger partial charge in [-0.2, -0.15) is 0 Å². The summed E-state index contributed by atoms with van der Waals surface area (Å²) in [4.78, 5) is 3.22. The Morgan fingerprint density at radius 1 is 1.15 bits per heavy atom. The number of aromatic nitrogens is 1. The minimum absolute atomic E-state index is 0.312. The van der Waals surface area contributed by atoms with Crippen molar-refractivity contribution in [1.82, 2.24) is 10.3 Å². The van der Waals surface area contributed by atoms with E-state index < -0.39 is 0 Å². The number of hydrogen-bond donors (Lipinski definition) is 2. The number of halogens is 1. The molecule has 3 aromatic rings. The summed E-state index contributed by atoms with van der Waals surface area (Å²) in [6.45, 7) is 3.05. The minimum atomic E-state index is 0.312. The molecule has 0 radical (unpaired) electrons. The molecule has 3 heteroatoms. The maximum Gasteiger partial charge on any atom is 0.0454 e. The van der Waals surface area contributed by atoms with Crippen LogP contribution in [0.2, 0.25) is 0 Å². The van der Waals surface area contributed by atoms with E-state index in [1.54, 1.807) is 0 Å². The van der Waals surface area contributed by atoms with Crippen molar-refractivity contribution >= 4 is 26.8 Å². The Bertz CT molecular complexity index is 718. The molecular weight excluding hydrogens is 312 g/mol. The summed E-state index contributed by atoms with van der Waals surface area (Å²) in [6.07, 6.45) is 1.98. The molecule has 20 heavy (non-hydrogen) atoms. The first-order valence-corrected chi connectivity index (χ1v) is 7.57. The Balaban J connectivity index is 1.71. The highest BCUT2D eigenvalue weighted by atomic mass is 79.9. The number of benzene rings is 2. The fourth-order valence-electron chi connectivity index (χ4n) is 2.42. The number of nitrogens with one attached hydrogen (secondary N) is 2. The molecule has 0 spiro atoms. The molecule has 0 saturated heterocycles. The quantitative estimate of drug-likeness (QED) is 0.708. The van der Waals surface area contributed by atoms with Crippen molar-refractivity contribution in [2.75, 3.05) is 0 Å². The van der Waals surface area contributed by atoms with Gasteiger partial charge in [-0.25, -0.2) is 0 Å². The Morgan fingerprint density at radius 2 is 2.00 bits per heavy atom. The van der Waals surface area contributed by atoms with E-state index in [9.17, 15) is 0 Å². The summed E-state index contributed by atoms with van der Waals surface area (Å²) in [5.41, 5.74) is 3.78. The average molecular weight is 329 g/mol. The molecule has 1 atom stereocenters. The molecule has 0 saturated carbocycles. The lowest BCUT2D eigenvalue weighted by molar-refractivity contribution is 0.573. The summed E-state index contributed by atoms with van der Waals surface area (Å²) in [6, 6.07) is 17.3. The lowest BCUT2D eigenvalue weighted by atomic mass is 10.1. The second-order valence-corrected chi connectivity index (χ2v) is 5.88. The summed E-state index contributed by atoms with van der Waals surface area (Å²) in [7, 11) is 0. The third-order valence-electron chi connectivity index (χ3n) is 3.60. The van der Waals surface area contributed by atoms with Gasteiger partial charge in [0.15, 0.2) is 0 Å². The third-order valence-corrected chi connectivity index (χ3v) is 4.32. The molecule has 2 N–H and O–H groups in total. The number of H-pyrrole nitrogens is 1. The molecule has 2 aromatic carbocycles. The van der Waals surface area contributed by atoms with Gasteiger partial charge in [0.1, 0.15) is 0 Å². The highest BCUT2D eigenvalue weighted by Gasteiger charge is 2.08. The maximum atomic E-state index is 3.61. The van der Waals surface area contributed by atoms with E-state index in [1.807, 2.05) is 12.3 Å². The normalized spacial score (nSPS) is 12.7. The van der Waals surface area contributed by atoms with E-state index in [1.165, 1.54) is 22.0 Å². The molecule has 102 valence electrons. The largest absolute Gasteiger partial charge is 0.361 e. The first kappa shape index (κ1) is 13.4. The van der Waals surface area contributed by atoms with E-state index in [0.29, 0.717) is 6.04 Å². The topological polar surface area (TPSA) is 27.8 Å². The van der Waals surface area contributed by atoms with Crippen LogP contribution in [0.3, 0.4) is 0 Å². The SMILES string of the molecule is C[C@@H](NCc1ccc2[nH]ccc2c1)c1ccccc1Br. The van der Waals surface area contributed by atoms with Crippen LogP contribution < -0.4 is 5.32 Å². The lowest BCUT2D eigenvalue weighted by Crippen LogP contribution is -2.18. The number of fused-ring (bicyclic) bond motifs is 1. The van der Waals surface area contributed by atoms with Crippen LogP contribution in [0.25, 0.3) is 10.9 Å². The molecular formula is C17H17BrN2. The van der Waals surface area contributed by atoms with Crippen LogP contribution >= 0.6 is 15.9 Å². The van der Waals surface area contributed by atoms with E-state index in [-0.39, 0.29) is 0 Å². The van der Waals surface area contributed by atoms with Crippen LogP contribution in [-0.4, -0.2) is 4.98 Å². The molecule has 0 bridgehead atoms. The summed E-state index contributed by atoms with van der Waals surface area (Å²) >= 11 is 3.61. The Kier molecular flexibility index (Phi) is 3.90. The predicted molar refractivity (Wildman–Crippen MR) is 87.7 cm³/mol. The van der Waals surface area contributed by atoms with Crippen LogP contribution in [-0.2, 0) is 6.54 Å². The van der Waals surface area contributed by atoms with Crippen molar-refractivity contribution < 1.29 is 0 Å². The van der Waals surface area contributed by atoms with Gasteiger partial charge in [-0.1, -0.05) is 40.2 Å². The average Bonchev–Trinajstić information content (AvgIpc) is 2.92. The van der Waals surface area contributed by atoms with Crippen molar-refractivity contribution in [2.24, 2.45) is 0 Å². The van der Waals surface area contributed by atoms with E-state index in [2.05, 4.69) is 75.6 Å². The van der Waals surface area contributed by atoms with Crippen LogP contribution in [0.4, 0.5) is 0 Å². The van der Waals surface area contributed by atoms with E-state index in [4.69, 9.17) is 0 Å². The Labute approximate surface area is 127 Å². The maximum absolute atomic E-state index is 3.61. The summed E-state index contributed by atoms with van der Waals surface area (Å²) < 4.78 is 1.15. The van der Waals surface area contributed by atoms with Crippen molar-refractivity contribution in [3.05, 3.63) is 70.3 Å². The highest BCUT2D eigenvalue weighted by molar-refractivity contribution is 9.10. The van der Waals surface area contributed by atoms with Gasteiger partial charge in [0.25, 0.3) is 0 Å². The minimum Gasteiger partial charge on any atom is -0.361 e. The van der Waals surface area contributed by atoms with Crippen molar-refractivity contribution in [3.63, 3.8) is 0 Å². The van der Waals surface area contributed by atoms with Crippen molar-refractivity contribution in [1.29, 1.82) is 0 Å². The molecule has 0 unspecified atom stereocenters. The fourth-order valence-corrected chi connectivity index (χ4v) is 3.05. The summed E-state index contributed by atoms with van der Waals surface area (Å²) in [5, 5.41) is 4.83. The van der Waals surface area contributed by atoms with Gasteiger partial charge in [-0.3, -0.25) is 0 Å². The van der Waals surface area contributed by atoms with Gasteiger partial charge >= 0.3 is 0 Å².